The predicted molar refractivity (Wildman–Crippen MR) is 242 cm³/mol. The largest absolute Gasteiger partial charge is 2.00 e. The molecule has 6 aromatic rings. The summed E-state index contributed by atoms with van der Waals surface area (Å²) in [4.78, 5) is 13.8. The summed E-state index contributed by atoms with van der Waals surface area (Å²) in [6.45, 7) is 36.4. The molecule has 0 unspecified atom stereocenters. The van der Waals surface area contributed by atoms with Crippen LogP contribution in [0.15, 0.2) is 65.7 Å². The minimum atomic E-state index is -0.292. The van der Waals surface area contributed by atoms with Crippen LogP contribution >= 0.6 is 0 Å². The van der Waals surface area contributed by atoms with Gasteiger partial charge in [0.1, 0.15) is 5.82 Å². The fourth-order valence-electron chi connectivity index (χ4n) is 9.82. The molecule has 0 bridgehead atoms. The molecule has 3 nitrogen and oxygen atoms in total. The first-order valence-electron chi connectivity index (χ1n) is 20.2. The van der Waals surface area contributed by atoms with Crippen LogP contribution in [0.1, 0.15) is 136 Å². The average Bonchev–Trinajstić information content (AvgIpc) is 3.07. The Morgan fingerprint density at radius 3 is 2.02 bits per heavy atom. The number of hydrogen-bond acceptors (Lipinski definition) is 4. The molecule has 0 aliphatic carbocycles. The predicted octanol–water partition coefficient (Wildman–Crippen LogP) is 14.3. The number of rotatable bonds is 4. The van der Waals surface area contributed by atoms with Crippen molar-refractivity contribution in [3.63, 3.8) is 0 Å². The summed E-state index contributed by atoms with van der Waals surface area (Å²) >= 11 is 6.29. The van der Waals surface area contributed by atoms with E-state index in [0.29, 0.717) is 0 Å². The molecule has 0 fully saturated rings. The number of nitrogens with zero attached hydrogens (tertiary/aromatic N) is 3. The molecule has 1 aliphatic rings. The van der Waals surface area contributed by atoms with E-state index in [9.17, 15) is 0 Å². The van der Waals surface area contributed by atoms with Gasteiger partial charge in [-0.2, -0.15) is 0 Å². The van der Waals surface area contributed by atoms with E-state index in [4.69, 9.17) is 22.6 Å². The van der Waals surface area contributed by atoms with E-state index in [1.807, 2.05) is 6.20 Å². The first kappa shape index (κ1) is 42.7. The van der Waals surface area contributed by atoms with Crippen LogP contribution in [0.2, 0.25) is 0 Å². The monoisotopic (exact) mass is 952 g/mol. The maximum atomic E-state index is 6.29. The van der Waals surface area contributed by atoms with Gasteiger partial charge in [0.25, 0.3) is 0 Å². The molecule has 0 spiro atoms. The maximum absolute atomic E-state index is 6.29. The third-order valence-electron chi connectivity index (χ3n) is 12.1. The Morgan fingerprint density at radius 2 is 1.42 bits per heavy atom. The molecule has 0 radical (unpaired) electrons. The van der Waals surface area contributed by atoms with Crippen LogP contribution in [0.25, 0.3) is 33.3 Å². The number of benzene rings is 4. The number of fused-ring (bicyclic) bond motifs is 3. The first-order valence-corrected chi connectivity index (χ1v) is 20.7. The Bertz CT molecular complexity index is 2560. The molecule has 7 rings (SSSR count). The molecule has 0 saturated heterocycles. The van der Waals surface area contributed by atoms with Crippen molar-refractivity contribution in [2.24, 2.45) is 0 Å². The van der Waals surface area contributed by atoms with Crippen LogP contribution in [-0.4, -0.2) is 9.97 Å². The Kier molecular flexibility index (Phi) is 11.1. The van der Waals surface area contributed by atoms with E-state index >= 15 is 0 Å². The zero-order valence-corrected chi connectivity index (χ0v) is 40.0. The van der Waals surface area contributed by atoms with Crippen LogP contribution < -0.4 is 4.90 Å². The van der Waals surface area contributed by atoms with Gasteiger partial charge >= 0.3 is 21.1 Å². The van der Waals surface area contributed by atoms with Crippen LogP contribution in [0.4, 0.5) is 17.2 Å². The van der Waals surface area contributed by atoms with Crippen molar-refractivity contribution in [3.05, 3.63) is 128 Å². The van der Waals surface area contributed by atoms with Crippen molar-refractivity contribution in [3.8, 4) is 22.4 Å². The second-order valence-electron chi connectivity index (χ2n) is 19.4. The summed E-state index contributed by atoms with van der Waals surface area (Å²) < 4.78 is 0. The summed E-state index contributed by atoms with van der Waals surface area (Å²) in [6, 6.07) is 24.5. The summed E-state index contributed by atoms with van der Waals surface area (Å²) in [7, 11) is 0. The quantitative estimate of drug-likeness (QED) is 0.130. The van der Waals surface area contributed by atoms with Gasteiger partial charge < -0.3 is 17.5 Å². The molecule has 2 aromatic heterocycles. The SMILES string of the molecule is Cc1cc(C)c(-c2cc(C(C)C)c([S-])c3nc(-c4[c-]c5c(cc4)C(C)(C)c4c(cc(C)c(C(C)(C)C)c4C)N5c4cc(C(C)(C)C)ccn4)c(C)cc23)c(C)c1.[Pt+2]. The van der Waals surface area contributed by atoms with Gasteiger partial charge in [0.2, 0.25) is 0 Å². The summed E-state index contributed by atoms with van der Waals surface area (Å²) in [5.74, 6) is 1.16. The Balaban J connectivity index is 0.00000549. The van der Waals surface area contributed by atoms with Crippen LogP contribution in [0.3, 0.4) is 0 Å². The Hall–Kier alpha value is -3.85. The molecule has 5 heteroatoms. The van der Waals surface area contributed by atoms with E-state index in [1.165, 1.54) is 66.9 Å². The molecule has 3 heterocycles. The zero-order chi connectivity index (χ0) is 41.0. The number of hydrogen-bond donors (Lipinski definition) is 0. The van der Waals surface area contributed by atoms with Crippen LogP contribution in [-0.2, 0) is 49.9 Å². The number of aromatic nitrogens is 2. The third-order valence-corrected chi connectivity index (χ3v) is 12.6. The summed E-state index contributed by atoms with van der Waals surface area (Å²) in [5, 5.41) is 1.11. The van der Waals surface area contributed by atoms with Gasteiger partial charge in [0.05, 0.1) is 0 Å². The van der Waals surface area contributed by atoms with Crippen molar-refractivity contribution >= 4 is 40.7 Å². The van der Waals surface area contributed by atoms with Gasteiger partial charge in [0.15, 0.2) is 0 Å². The molecular formula is C52H59N3PtS. The topological polar surface area (TPSA) is 29.0 Å². The van der Waals surface area contributed by atoms with Crippen molar-refractivity contribution < 1.29 is 21.1 Å². The van der Waals surface area contributed by atoms with Gasteiger partial charge in [-0.25, -0.2) is 4.98 Å². The van der Waals surface area contributed by atoms with Crippen molar-refractivity contribution in [1.82, 2.24) is 9.97 Å². The number of aryl methyl sites for hydroxylation is 5. The van der Waals surface area contributed by atoms with Crippen molar-refractivity contribution in [2.45, 2.75) is 138 Å². The number of pyridine rings is 2. The molecule has 0 N–H and O–H groups in total. The molecule has 57 heavy (non-hydrogen) atoms. The van der Waals surface area contributed by atoms with Gasteiger partial charge in [-0.1, -0.05) is 116 Å². The second kappa shape index (κ2) is 14.8. The Labute approximate surface area is 362 Å². The normalized spacial score (nSPS) is 13.8. The Morgan fingerprint density at radius 1 is 0.772 bits per heavy atom. The molecule has 4 aromatic carbocycles. The van der Waals surface area contributed by atoms with E-state index < -0.39 is 0 Å². The van der Waals surface area contributed by atoms with E-state index in [2.05, 4.69) is 176 Å². The van der Waals surface area contributed by atoms with Crippen LogP contribution in [0.5, 0.6) is 0 Å². The maximum Gasteiger partial charge on any atom is 2.00 e. The minimum Gasteiger partial charge on any atom is -0.777 e. The zero-order valence-electron chi connectivity index (χ0n) is 36.9. The average molecular weight is 953 g/mol. The van der Waals surface area contributed by atoms with Gasteiger partial charge in [-0.05, 0) is 143 Å². The fourth-order valence-corrected chi connectivity index (χ4v) is 10.3. The second-order valence-corrected chi connectivity index (χ2v) is 19.8. The van der Waals surface area contributed by atoms with Crippen molar-refractivity contribution in [1.29, 1.82) is 0 Å². The van der Waals surface area contributed by atoms with Gasteiger partial charge in [-0.15, -0.1) is 28.7 Å². The van der Waals surface area contributed by atoms with Crippen LogP contribution in [0, 0.1) is 47.6 Å². The summed E-state index contributed by atoms with van der Waals surface area (Å²) in [6.07, 6.45) is 1.96. The van der Waals surface area contributed by atoms with E-state index in [-0.39, 0.29) is 43.2 Å². The third kappa shape index (κ3) is 7.18. The smallest absolute Gasteiger partial charge is 0.777 e. The van der Waals surface area contributed by atoms with E-state index in [0.717, 1.165) is 49.7 Å². The van der Waals surface area contributed by atoms with Gasteiger partial charge in [-0.3, -0.25) is 4.98 Å². The van der Waals surface area contributed by atoms with Gasteiger partial charge in [0, 0.05) is 22.8 Å². The molecule has 0 saturated carbocycles. The fraction of sp³-hybridized carbons (Fsp3) is 0.385. The minimum absolute atomic E-state index is 0. The summed E-state index contributed by atoms with van der Waals surface area (Å²) in [5.41, 5.74) is 21.0. The molecule has 298 valence electrons. The van der Waals surface area contributed by atoms with E-state index in [1.54, 1.807) is 0 Å². The van der Waals surface area contributed by atoms with Crippen molar-refractivity contribution in [2.75, 3.05) is 4.90 Å². The first-order chi connectivity index (χ1) is 26.0. The standard InChI is InChI=1S/C52H60N3S.Pt/c1-28(2)37-27-38(44-30(4)21-29(3)22-31(44)5)39-23-33(7)47(54-48(39)49(37)56)35-17-18-40-41(25-35)55(43-26-36(19-20-53-43)50(9,10)11)42-24-32(6)45(51(12,13)14)34(8)46(42)52(40,15)16;/h17-24,26-28,56H,1-16H3;/q-1;+2/p-1. The molecular weight excluding hydrogens is 894 g/mol. The molecule has 1 aliphatic heterocycles. The number of anilines is 3. The molecule has 0 amide bonds. The molecule has 0 atom stereocenters.